The van der Waals surface area contributed by atoms with Crippen molar-refractivity contribution < 1.29 is 5.11 Å². The van der Waals surface area contributed by atoms with Gasteiger partial charge in [0.2, 0.25) is 0 Å². The second-order valence-electron chi connectivity index (χ2n) is 4.46. The third kappa shape index (κ3) is 3.65. The summed E-state index contributed by atoms with van der Waals surface area (Å²) in [6.45, 7) is 6.98. The van der Waals surface area contributed by atoms with Gasteiger partial charge in [0.1, 0.15) is 0 Å². The van der Waals surface area contributed by atoms with Gasteiger partial charge in [0, 0.05) is 12.6 Å². The van der Waals surface area contributed by atoms with Crippen molar-refractivity contribution in [1.29, 1.82) is 0 Å². The van der Waals surface area contributed by atoms with E-state index in [0.29, 0.717) is 12.6 Å². The summed E-state index contributed by atoms with van der Waals surface area (Å²) in [7, 11) is 2.03. The van der Waals surface area contributed by atoms with Crippen LogP contribution in [0.15, 0.2) is 24.3 Å². The molecule has 0 aliphatic carbocycles. The second kappa shape index (κ2) is 5.29. The van der Waals surface area contributed by atoms with Gasteiger partial charge in [-0.25, -0.2) is 0 Å². The smallest absolute Gasteiger partial charge is 0.0917 e. The minimum atomic E-state index is -0.391. The quantitative estimate of drug-likeness (QED) is 0.819. The summed E-state index contributed by atoms with van der Waals surface area (Å²) in [6, 6.07) is 8.51. The fourth-order valence-corrected chi connectivity index (χ4v) is 1.47. The molecule has 0 radical (unpaired) electrons. The van der Waals surface area contributed by atoms with Gasteiger partial charge in [0.25, 0.3) is 0 Å². The van der Waals surface area contributed by atoms with Crippen molar-refractivity contribution in [2.24, 2.45) is 0 Å². The number of nitrogens with zero attached hydrogens (tertiary/aromatic N) is 1. The Labute approximate surface area is 92.5 Å². The third-order valence-corrected chi connectivity index (χ3v) is 2.77. The van der Waals surface area contributed by atoms with Crippen molar-refractivity contribution in [3.63, 3.8) is 0 Å². The van der Waals surface area contributed by atoms with Crippen LogP contribution >= 0.6 is 0 Å². The molecule has 0 aromatic heterocycles. The van der Waals surface area contributed by atoms with Crippen molar-refractivity contribution in [1.82, 2.24) is 4.90 Å². The summed E-state index contributed by atoms with van der Waals surface area (Å²) < 4.78 is 0. The predicted molar refractivity (Wildman–Crippen MR) is 63.9 cm³/mol. The van der Waals surface area contributed by atoms with E-state index in [9.17, 15) is 5.11 Å². The highest BCUT2D eigenvalue weighted by Gasteiger charge is 2.12. The lowest BCUT2D eigenvalue weighted by Crippen LogP contribution is -2.30. The zero-order valence-corrected chi connectivity index (χ0v) is 10.1. The molecular formula is C13H21NO. The fraction of sp³-hybridized carbons (Fsp3) is 0.538. The normalized spacial score (nSPS) is 13.5. The van der Waals surface area contributed by atoms with Gasteiger partial charge in [-0.2, -0.15) is 0 Å². The monoisotopic (exact) mass is 207 g/mol. The Morgan fingerprint density at radius 3 is 2.53 bits per heavy atom. The van der Waals surface area contributed by atoms with E-state index in [2.05, 4.69) is 18.7 Å². The van der Waals surface area contributed by atoms with Gasteiger partial charge in [-0.15, -0.1) is 0 Å². The topological polar surface area (TPSA) is 23.5 Å². The van der Waals surface area contributed by atoms with E-state index in [1.165, 1.54) is 5.56 Å². The first kappa shape index (κ1) is 12.2. The molecule has 1 unspecified atom stereocenters. The number of benzene rings is 1. The van der Waals surface area contributed by atoms with E-state index < -0.39 is 6.10 Å². The van der Waals surface area contributed by atoms with Crippen molar-refractivity contribution in [3.05, 3.63) is 35.4 Å². The van der Waals surface area contributed by atoms with Gasteiger partial charge in [-0.1, -0.05) is 29.8 Å². The Kier molecular flexibility index (Phi) is 4.30. The molecular weight excluding hydrogens is 186 g/mol. The summed E-state index contributed by atoms with van der Waals surface area (Å²) in [5, 5.41) is 10.0. The number of hydrogen-bond donors (Lipinski definition) is 1. The van der Waals surface area contributed by atoms with E-state index in [0.717, 1.165) is 5.56 Å². The van der Waals surface area contributed by atoms with E-state index in [1.54, 1.807) is 0 Å². The predicted octanol–water partition coefficient (Wildman–Crippen LogP) is 2.37. The van der Waals surface area contributed by atoms with Gasteiger partial charge in [0.15, 0.2) is 0 Å². The maximum absolute atomic E-state index is 10.0. The molecule has 1 atom stereocenters. The summed E-state index contributed by atoms with van der Waals surface area (Å²) in [5.74, 6) is 0. The van der Waals surface area contributed by atoms with Gasteiger partial charge in [-0.05, 0) is 33.4 Å². The molecule has 0 heterocycles. The molecule has 0 saturated heterocycles. The SMILES string of the molecule is Cc1cccc(C(O)CN(C)C(C)C)c1. The summed E-state index contributed by atoms with van der Waals surface area (Å²) >= 11 is 0. The maximum atomic E-state index is 10.0. The standard InChI is InChI=1S/C13H21NO/c1-10(2)14(4)9-13(15)12-7-5-6-11(3)8-12/h5-8,10,13,15H,9H2,1-4H3. The van der Waals surface area contributed by atoms with Crippen molar-refractivity contribution in [2.45, 2.75) is 32.9 Å². The zero-order valence-electron chi connectivity index (χ0n) is 10.1. The minimum Gasteiger partial charge on any atom is -0.387 e. The van der Waals surface area contributed by atoms with Gasteiger partial charge in [0.05, 0.1) is 6.10 Å². The number of likely N-dealkylation sites (N-methyl/N-ethyl adjacent to an activating group) is 1. The zero-order chi connectivity index (χ0) is 11.4. The number of aliphatic hydroxyl groups excluding tert-OH is 1. The first-order valence-corrected chi connectivity index (χ1v) is 5.45. The molecule has 1 N–H and O–H groups in total. The largest absolute Gasteiger partial charge is 0.387 e. The molecule has 84 valence electrons. The highest BCUT2D eigenvalue weighted by molar-refractivity contribution is 5.24. The van der Waals surface area contributed by atoms with Crippen LogP contribution in [0.4, 0.5) is 0 Å². The molecule has 0 spiro atoms. The van der Waals surface area contributed by atoms with Crippen molar-refractivity contribution in [3.8, 4) is 0 Å². The van der Waals surface area contributed by atoms with Gasteiger partial charge in [-0.3, -0.25) is 0 Å². The number of aryl methyl sites for hydroxylation is 1. The molecule has 0 amide bonds. The summed E-state index contributed by atoms with van der Waals surface area (Å²) in [5.41, 5.74) is 2.20. The van der Waals surface area contributed by atoms with E-state index in [1.807, 2.05) is 38.2 Å². The minimum absolute atomic E-state index is 0.391. The number of hydrogen-bond acceptors (Lipinski definition) is 2. The highest BCUT2D eigenvalue weighted by atomic mass is 16.3. The van der Waals surface area contributed by atoms with Crippen LogP contribution in [0.25, 0.3) is 0 Å². The van der Waals surface area contributed by atoms with Crippen LogP contribution in [0.1, 0.15) is 31.1 Å². The fourth-order valence-electron chi connectivity index (χ4n) is 1.47. The molecule has 15 heavy (non-hydrogen) atoms. The van der Waals surface area contributed by atoms with Crippen LogP contribution in [-0.2, 0) is 0 Å². The van der Waals surface area contributed by atoms with Crippen LogP contribution in [0, 0.1) is 6.92 Å². The van der Waals surface area contributed by atoms with Crippen LogP contribution in [0.2, 0.25) is 0 Å². The molecule has 2 heteroatoms. The lowest BCUT2D eigenvalue weighted by Gasteiger charge is -2.24. The first-order valence-electron chi connectivity index (χ1n) is 5.45. The van der Waals surface area contributed by atoms with Gasteiger partial charge >= 0.3 is 0 Å². The molecule has 0 aliphatic rings. The Hall–Kier alpha value is -0.860. The van der Waals surface area contributed by atoms with Crippen molar-refractivity contribution >= 4 is 0 Å². The molecule has 0 fully saturated rings. The molecule has 0 aliphatic heterocycles. The number of rotatable bonds is 4. The molecule has 1 aromatic carbocycles. The van der Waals surface area contributed by atoms with Crippen LogP contribution in [0.3, 0.4) is 0 Å². The summed E-state index contributed by atoms with van der Waals surface area (Å²) in [4.78, 5) is 2.15. The molecule has 0 saturated carbocycles. The van der Waals surface area contributed by atoms with Crippen molar-refractivity contribution in [2.75, 3.05) is 13.6 Å². The Morgan fingerprint density at radius 2 is 2.00 bits per heavy atom. The lowest BCUT2D eigenvalue weighted by molar-refractivity contribution is 0.112. The Morgan fingerprint density at radius 1 is 1.33 bits per heavy atom. The van der Waals surface area contributed by atoms with Crippen LogP contribution in [0.5, 0.6) is 0 Å². The van der Waals surface area contributed by atoms with Crippen LogP contribution < -0.4 is 0 Å². The first-order chi connectivity index (χ1) is 7.00. The highest BCUT2D eigenvalue weighted by Crippen LogP contribution is 2.15. The van der Waals surface area contributed by atoms with E-state index in [4.69, 9.17) is 0 Å². The third-order valence-electron chi connectivity index (χ3n) is 2.77. The molecule has 1 rings (SSSR count). The Bertz CT molecular complexity index is 309. The van der Waals surface area contributed by atoms with E-state index >= 15 is 0 Å². The van der Waals surface area contributed by atoms with Crippen LogP contribution in [-0.4, -0.2) is 29.6 Å². The summed E-state index contributed by atoms with van der Waals surface area (Å²) in [6.07, 6.45) is -0.391. The average Bonchev–Trinajstić information content (AvgIpc) is 2.17. The Balaban J connectivity index is 2.64. The van der Waals surface area contributed by atoms with E-state index in [-0.39, 0.29) is 0 Å². The molecule has 2 nitrogen and oxygen atoms in total. The lowest BCUT2D eigenvalue weighted by atomic mass is 10.1. The van der Waals surface area contributed by atoms with Gasteiger partial charge < -0.3 is 10.0 Å². The maximum Gasteiger partial charge on any atom is 0.0917 e. The second-order valence-corrected chi connectivity index (χ2v) is 4.46. The average molecular weight is 207 g/mol. The molecule has 1 aromatic rings. The number of aliphatic hydroxyl groups is 1. The molecule has 0 bridgehead atoms.